The molecule has 1 atom stereocenters. The average molecular weight is 448 g/mol. The van der Waals surface area contributed by atoms with Gasteiger partial charge in [0.05, 0.1) is 16.5 Å². The molecule has 0 saturated carbocycles. The molecule has 3 aromatic rings. The standard InChI is InChI=1S/C21H19F3N4O2S/c1-3-12-28-18(14-8-4-5-9-15(14)22)26-27-21(28)31-13(2)19(29)25-16-10-6-7-11-17(16)30-20(23)24/h3-11,13,20H,1,12H2,2H3,(H,25,29). The summed E-state index contributed by atoms with van der Waals surface area (Å²) in [5.41, 5.74) is 0.402. The van der Waals surface area contributed by atoms with E-state index in [-0.39, 0.29) is 17.0 Å². The Morgan fingerprint density at radius 1 is 1.23 bits per heavy atom. The van der Waals surface area contributed by atoms with Crippen LogP contribution in [-0.2, 0) is 11.3 Å². The van der Waals surface area contributed by atoms with Gasteiger partial charge in [0.25, 0.3) is 0 Å². The van der Waals surface area contributed by atoms with Crippen LogP contribution in [0.3, 0.4) is 0 Å². The SMILES string of the molecule is C=CCn1c(SC(C)C(=O)Nc2ccccc2OC(F)F)nnc1-c1ccccc1F. The van der Waals surface area contributed by atoms with E-state index in [1.54, 1.807) is 41.8 Å². The molecule has 0 aliphatic carbocycles. The number of ether oxygens (including phenoxy) is 1. The first-order chi connectivity index (χ1) is 14.9. The zero-order valence-corrected chi connectivity index (χ0v) is 17.3. The second-order valence-electron chi connectivity index (χ2n) is 6.31. The number of carbonyl (C=O) groups is 1. The fourth-order valence-corrected chi connectivity index (χ4v) is 3.58. The third-order valence-corrected chi connectivity index (χ3v) is 5.24. The highest BCUT2D eigenvalue weighted by Gasteiger charge is 2.22. The second-order valence-corrected chi connectivity index (χ2v) is 7.62. The Bertz CT molecular complexity index is 1070. The van der Waals surface area contributed by atoms with Gasteiger partial charge in [-0.3, -0.25) is 9.36 Å². The van der Waals surface area contributed by atoms with Crippen LogP contribution in [0.4, 0.5) is 18.9 Å². The lowest BCUT2D eigenvalue weighted by atomic mass is 10.2. The molecular weight excluding hydrogens is 429 g/mol. The highest BCUT2D eigenvalue weighted by molar-refractivity contribution is 8.00. The maximum atomic E-state index is 14.2. The lowest BCUT2D eigenvalue weighted by Gasteiger charge is -2.15. The average Bonchev–Trinajstić information content (AvgIpc) is 3.11. The number of allylic oxidation sites excluding steroid dienone is 1. The Labute approximate surface area is 181 Å². The van der Waals surface area contributed by atoms with Gasteiger partial charge in [0.2, 0.25) is 5.91 Å². The number of amides is 1. The van der Waals surface area contributed by atoms with Crippen LogP contribution >= 0.6 is 11.8 Å². The number of benzene rings is 2. The van der Waals surface area contributed by atoms with Gasteiger partial charge in [0.15, 0.2) is 11.0 Å². The highest BCUT2D eigenvalue weighted by atomic mass is 32.2. The summed E-state index contributed by atoms with van der Waals surface area (Å²) in [5.74, 6) is -0.724. The van der Waals surface area contributed by atoms with Gasteiger partial charge in [-0.2, -0.15) is 8.78 Å². The summed E-state index contributed by atoms with van der Waals surface area (Å²) in [4.78, 5) is 12.6. The summed E-state index contributed by atoms with van der Waals surface area (Å²) in [6, 6.07) is 12.1. The van der Waals surface area contributed by atoms with Gasteiger partial charge in [-0.05, 0) is 31.2 Å². The van der Waals surface area contributed by atoms with E-state index in [9.17, 15) is 18.0 Å². The van der Waals surface area contributed by atoms with Crippen LogP contribution in [0.2, 0.25) is 0 Å². The minimum Gasteiger partial charge on any atom is -0.433 e. The summed E-state index contributed by atoms with van der Waals surface area (Å²) in [6.45, 7) is 2.62. The maximum absolute atomic E-state index is 14.2. The fraction of sp³-hybridized carbons (Fsp3) is 0.190. The van der Waals surface area contributed by atoms with Crippen LogP contribution < -0.4 is 10.1 Å². The van der Waals surface area contributed by atoms with Crippen LogP contribution in [0.15, 0.2) is 66.3 Å². The number of nitrogens with zero attached hydrogens (tertiary/aromatic N) is 3. The Morgan fingerprint density at radius 3 is 2.65 bits per heavy atom. The first kappa shape index (κ1) is 22.4. The number of aromatic nitrogens is 3. The molecule has 0 radical (unpaired) electrons. The van der Waals surface area contributed by atoms with Crippen molar-refractivity contribution in [2.75, 3.05) is 5.32 Å². The van der Waals surface area contributed by atoms with Gasteiger partial charge in [0.1, 0.15) is 11.6 Å². The van der Waals surface area contributed by atoms with Crippen molar-refractivity contribution in [2.45, 2.75) is 30.5 Å². The summed E-state index contributed by atoms with van der Waals surface area (Å²) < 4.78 is 45.5. The van der Waals surface area contributed by atoms with E-state index >= 15 is 0 Å². The van der Waals surface area contributed by atoms with Gasteiger partial charge in [-0.15, -0.1) is 16.8 Å². The Balaban J connectivity index is 1.79. The molecule has 0 spiro atoms. The van der Waals surface area contributed by atoms with E-state index < -0.39 is 23.6 Å². The highest BCUT2D eigenvalue weighted by Crippen LogP contribution is 2.30. The van der Waals surface area contributed by atoms with E-state index in [4.69, 9.17) is 0 Å². The molecule has 1 aromatic heterocycles. The minimum absolute atomic E-state index is 0.125. The lowest BCUT2D eigenvalue weighted by Crippen LogP contribution is -2.23. The molecule has 1 amide bonds. The predicted molar refractivity (Wildman–Crippen MR) is 113 cm³/mol. The first-order valence-electron chi connectivity index (χ1n) is 9.21. The topological polar surface area (TPSA) is 69.0 Å². The van der Waals surface area contributed by atoms with Crippen molar-refractivity contribution in [3.05, 3.63) is 67.0 Å². The van der Waals surface area contributed by atoms with Gasteiger partial charge in [0, 0.05) is 6.54 Å². The number of hydrogen-bond donors (Lipinski definition) is 1. The molecule has 0 fully saturated rings. The molecule has 162 valence electrons. The molecule has 0 saturated heterocycles. The maximum Gasteiger partial charge on any atom is 0.387 e. The van der Waals surface area contributed by atoms with E-state index in [1.807, 2.05) is 0 Å². The molecular formula is C21H19F3N4O2S. The molecule has 3 rings (SSSR count). The Morgan fingerprint density at radius 2 is 1.94 bits per heavy atom. The number of anilines is 1. The molecule has 10 heteroatoms. The van der Waals surface area contributed by atoms with Crippen LogP contribution in [0.25, 0.3) is 11.4 Å². The summed E-state index contributed by atoms with van der Waals surface area (Å²) >= 11 is 1.10. The third kappa shape index (κ3) is 5.46. The molecule has 1 unspecified atom stereocenters. The van der Waals surface area contributed by atoms with Gasteiger partial charge in [-0.25, -0.2) is 4.39 Å². The Kier molecular flexibility index (Phi) is 7.35. The van der Waals surface area contributed by atoms with E-state index in [2.05, 4.69) is 26.8 Å². The predicted octanol–water partition coefficient (Wildman–Crippen LogP) is 4.99. The van der Waals surface area contributed by atoms with E-state index in [1.165, 1.54) is 24.3 Å². The number of rotatable bonds is 9. The van der Waals surface area contributed by atoms with Crippen molar-refractivity contribution >= 4 is 23.4 Å². The van der Waals surface area contributed by atoms with E-state index in [0.717, 1.165) is 11.8 Å². The van der Waals surface area contributed by atoms with Crippen molar-refractivity contribution in [2.24, 2.45) is 0 Å². The number of hydrogen-bond acceptors (Lipinski definition) is 5. The zero-order valence-electron chi connectivity index (χ0n) is 16.5. The van der Waals surface area contributed by atoms with Crippen LogP contribution in [0.5, 0.6) is 5.75 Å². The number of nitrogens with one attached hydrogen (secondary N) is 1. The fourth-order valence-electron chi connectivity index (χ4n) is 2.73. The quantitative estimate of drug-likeness (QED) is 0.369. The number of halogens is 3. The lowest BCUT2D eigenvalue weighted by molar-refractivity contribution is -0.115. The van der Waals surface area contributed by atoms with Crippen molar-refractivity contribution < 1.29 is 22.7 Å². The van der Waals surface area contributed by atoms with Crippen LogP contribution in [0, 0.1) is 5.82 Å². The third-order valence-electron chi connectivity index (χ3n) is 4.16. The monoisotopic (exact) mass is 448 g/mol. The molecule has 1 N–H and O–H groups in total. The van der Waals surface area contributed by atoms with Crippen LogP contribution in [0.1, 0.15) is 6.92 Å². The van der Waals surface area contributed by atoms with Crippen molar-refractivity contribution in [3.8, 4) is 17.1 Å². The van der Waals surface area contributed by atoms with Crippen molar-refractivity contribution in [1.82, 2.24) is 14.8 Å². The molecule has 0 aliphatic rings. The van der Waals surface area contributed by atoms with Gasteiger partial charge in [-0.1, -0.05) is 42.1 Å². The van der Waals surface area contributed by atoms with Crippen LogP contribution in [-0.4, -0.2) is 32.5 Å². The summed E-state index contributed by atoms with van der Waals surface area (Å²) in [6.07, 6.45) is 1.61. The first-order valence-corrected chi connectivity index (χ1v) is 10.1. The van der Waals surface area contributed by atoms with E-state index in [0.29, 0.717) is 17.5 Å². The number of thioether (sulfide) groups is 1. The smallest absolute Gasteiger partial charge is 0.387 e. The van der Waals surface area contributed by atoms with Crippen molar-refractivity contribution in [1.29, 1.82) is 0 Å². The molecule has 0 bridgehead atoms. The number of para-hydroxylation sites is 2. The number of carbonyl (C=O) groups excluding carboxylic acids is 1. The molecule has 1 heterocycles. The zero-order chi connectivity index (χ0) is 22.4. The minimum atomic E-state index is -3.01. The molecule has 0 aliphatic heterocycles. The van der Waals surface area contributed by atoms with Gasteiger partial charge < -0.3 is 10.1 Å². The largest absolute Gasteiger partial charge is 0.433 e. The number of alkyl halides is 2. The van der Waals surface area contributed by atoms with Crippen molar-refractivity contribution in [3.63, 3.8) is 0 Å². The Hall–Kier alpha value is -3.27. The molecule has 31 heavy (non-hydrogen) atoms. The van der Waals surface area contributed by atoms with Gasteiger partial charge >= 0.3 is 6.61 Å². The second kappa shape index (κ2) is 10.2. The summed E-state index contributed by atoms with van der Waals surface area (Å²) in [5, 5.41) is 10.5. The normalized spacial score (nSPS) is 11.9. The summed E-state index contributed by atoms with van der Waals surface area (Å²) in [7, 11) is 0. The molecule has 2 aromatic carbocycles. The molecule has 6 nitrogen and oxygen atoms in total.